The molecular formula is C14H7NO7-2. The Hall–Kier alpha value is -3.42. The minimum atomic E-state index is -1.91. The van der Waals surface area contributed by atoms with E-state index in [1.165, 1.54) is 30.3 Å². The van der Waals surface area contributed by atoms with E-state index in [0.717, 1.165) is 6.08 Å². The average Bonchev–Trinajstić information content (AvgIpc) is 2.93. The number of nitro groups is 1. The van der Waals surface area contributed by atoms with E-state index >= 15 is 0 Å². The Labute approximate surface area is 123 Å². The molecule has 0 saturated heterocycles. The molecule has 0 aliphatic heterocycles. The molecule has 1 aromatic carbocycles. The summed E-state index contributed by atoms with van der Waals surface area (Å²) in [5, 5.41) is 32.0. The monoisotopic (exact) mass is 301 g/mol. The lowest BCUT2D eigenvalue weighted by atomic mass is 10.1. The van der Waals surface area contributed by atoms with Crippen LogP contribution in [0.2, 0.25) is 0 Å². The van der Waals surface area contributed by atoms with E-state index in [1.54, 1.807) is 6.07 Å². The third-order valence-electron chi connectivity index (χ3n) is 2.69. The van der Waals surface area contributed by atoms with Crippen LogP contribution in [0.15, 0.2) is 46.4 Å². The molecule has 22 heavy (non-hydrogen) atoms. The van der Waals surface area contributed by atoms with Gasteiger partial charge in [0.15, 0.2) is 0 Å². The van der Waals surface area contributed by atoms with Crippen molar-refractivity contribution in [2.75, 3.05) is 0 Å². The van der Waals surface area contributed by atoms with Crippen LogP contribution in [-0.4, -0.2) is 16.9 Å². The molecule has 0 atom stereocenters. The van der Waals surface area contributed by atoms with E-state index < -0.39 is 22.4 Å². The number of hydrogen-bond acceptors (Lipinski definition) is 7. The molecule has 0 aliphatic rings. The molecule has 0 spiro atoms. The molecule has 0 radical (unpaired) electrons. The van der Waals surface area contributed by atoms with Crippen molar-refractivity contribution in [2.24, 2.45) is 0 Å². The Morgan fingerprint density at radius 3 is 2.36 bits per heavy atom. The van der Waals surface area contributed by atoms with Crippen LogP contribution in [0.5, 0.6) is 0 Å². The highest BCUT2D eigenvalue weighted by Gasteiger charge is 2.10. The van der Waals surface area contributed by atoms with Crippen molar-refractivity contribution in [3.63, 3.8) is 0 Å². The molecule has 2 aromatic rings. The predicted molar refractivity (Wildman–Crippen MR) is 68.8 cm³/mol. The number of carboxylic acid groups (broad SMARTS) is 2. The number of furan rings is 1. The summed E-state index contributed by atoms with van der Waals surface area (Å²) in [6, 6.07) is 8.33. The van der Waals surface area contributed by atoms with Crippen molar-refractivity contribution in [1.82, 2.24) is 0 Å². The molecule has 0 saturated carbocycles. The van der Waals surface area contributed by atoms with Crippen LogP contribution in [-0.2, 0) is 9.59 Å². The second-order valence-electron chi connectivity index (χ2n) is 4.14. The van der Waals surface area contributed by atoms with Gasteiger partial charge in [-0.1, -0.05) is 12.1 Å². The van der Waals surface area contributed by atoms with E-state index in [-0.39, 0.29) is 17.2 Å². The van der Waals surface area contributed by atoms with Gasteiger partial charge in [0.1, 0.15) is 11.5 Å². The fraction of sp³-hybridized carbons (Fsp3) is 0. The Morgan fingerprint density at radius 2 is 1.77 bits per heavy atom. The van der Waals surface area contributed by atoms with E-state index in [1.807, 2.05) is 0 Å². The van der Waals surface area contributed by atoms with Gasteiger partial charge < -0.3 is 24.2 Å². The van der Waals surface area contributed by atoms with Gasteiger partial charge in [0.25, 0.3) is 5.69 Å². The number of non-ortho nitro benzene ring substituents is 1. The number of nitro benzene ring substituents is 1. The first-order chi connectivity index (χ1) is 10.4. The largest absolute Gasteiger partial charge is 0.545 e. The number of benzene rings is 1. The standard InChI is InChI=1S/C14H9NO7/c16-13(17)11(14(18)19)7-10-4-5-12(22-10)8-2-1-3-9(6-8)15(20)21/h1-7H,(H,16,17)(H,18,19)/p-2. The number of aliphatic carboxylic acids is 2. The van der Waals surface area contributed by atoms with Gasteiger partial charge >= 0.3 is 0 Å². The van der Waals surface area contributed by atoms with E-state index in [9.17, 15) is 29.9 Å². The molecule has 1 aromatic heterocycles. The van der Waals surface area contributed by atoms with Crippen LogP contribution >= 0.6 is 0 Å². The van der Waals surface area contributed by atoms with Gasteiger partial charge in [-0.15, -0.1) is 0 Å². The summed E-state index contributed by atoms with van der Waals surface area (Å²) < 4.78 is 5.25. The van der Waals surface area contributed by atoms with Crippen molar-refractivity contribution in [3.8, 4) is 11.3 Å². The minimum Gasteiger partial charge on any atom is -0.545 e. The predicted octanol–water partition coefficient (Wildman–Crippen LogP) is -0.262. The van der Waals surface area contributed by atoms with Crippen LogP contribution in [0.3, 0.4) is 0 Å². The lowest BCUT2D eigenvalue weighted by molar-refractivity contribution is -0.384. The van der Waals surface area contributed by atoms with Crippen LogP contribution in [0, 0.1) is 10.1 Å². The van der Waals surface area contributed by atoms with Crippen LogP contribution in [0.4, 0.5) is 5.69 Å². The average molecular weight is 301 g/mol. The second-order valence-corrected chi connectivity index (χ2v) is 4.14. The molecule has 0 unspecified atom stereocenters. The molecule has 1 heterocycles. The third kappa shape index (κ3) is 3.18. The number of carbonyl (C=O) groups excluding carboxylic acids is 2. The van der Waals surface area contributed by atoms with E-state index in [0.29, 0.717) is 5.56 Å². The van der Waals surface area contributed by atoms with Crippen LogP contribution in [0.25, 0.3) is 17.4 Å². The molecule has 0 fully saturated rings. The van der Waals surface area contributed by atoms with Crippen molar-refractivity contribution in [1.29, 1.82) is 0 Å². The first-order valence-corrected chi connectivity index (χ1v) is 5.87. The number of hydrogen-bond donors (Lipinski definition) is 0. The molecule has 0 bridgehead atoms. The minimum absolute atomic E-state index is 0.0649. The highest BCUT2D eigenvalue weighted by atomic mass is 16.6. The zero-order valence-corrected chi connectivity index (χ0v) is 10.8. The molecule has 0 N–H and O–H groups in total. The van der Waals surface area contributed by atoms with Crippen molar-refractivity contribution >= 4 is 23.7 Å². The van der Waals surface area contributed by atoms with Gasteiger partial charge in [-0.3, -0.25) is 10.1 Å². The summed E-state index contributed by atoms with van der Waals surface area (Å²) >= 11 is 0. The molecule has 8 nitrogen and oxygen atoms in total. The summed E-state index contributed by atoms with van der Waals surface area (Å²) in [5.74, 6) is -3.67. The van der Waals surface area contributed by atoms with Gasteiger partial charge in [0, 0.05) is 23.3 Å². The fourth-order valence-electron chi connectivity index (χ4n) is 1.70. The van der Waals surface area contributed by atoms with E-state index in [4.69, 9.17) is 4.42 Å². The summed E-state index contributed by atoms with van der Waals surface area (Å²) in [4.78, 5) is 31.4. The third-order valence-corrected chi connectivity index (χ3v) is 2.69. The molecule has 0 aliphatic carbocycles. The SMILES string of the molecule is O=C([O-])C(=Cc1ccc(-c2cccc([N+](=O)[O-])c2)o1)C(=O)[O-]. The van der Waals surface area contributed by atoms with Crippen LogP contribution < -0.4 is 10.2 Å². The van der Waals surface area contributed by atoms with E-state index in [2.05, 4.69) is 0 Å². The maximum absolute atomic E-state index is 10.7. The first kappa shape index (κ1) is 15.0. The number of carbonyl (C=O) groups is 2. The zero-order valence-electron chi connectivity index (χ0n) is 10.8. The van der Waals surface area contributed by atoms with Crippen molar-refractivity contribution in [2.45, 2.75) is 0 Å². The normalized spacial score (nSPS) is 10.0. The quantitative estimate of drug-likeness (QED) is 0.244. The topological polar surface area (TPSA) is 137 Å². The molecule has 2 rings (SSSR count). The Morgan fingerprint density at radius 1 is 1.09 bits per heavy atom. The molecular weight excluding hydrogens is 294 g/mol. The first-order valence-electron chi connectivity index (χ1n) is 5.87. The number of rotatable bonds is 5. The summed E-state index contributed by atoms with van der Waals surface area (Å²) in [6.07, 6.45) is 0.742. The lowest BCUT2D eigenvalue weighted by Crippen LogP contribution is -2.35. The Balaban J connectivity index is 2.38. The highest BCUT2D eigenvalue weighted by Crippen LogP contribution is 2.26. The highest BCUT2D eigenvalue weighted by molar-refractivity contribution is 6.14. The molecule has 0 amide bonds. The Bertz CT molecular complexity index is 772. The Kier molecular flexibility index (Phi) is 4.03. The van der Waals surface area contributed by atoms with Crippen molar-refractivity contribution < 1.29 is 29.1 Å². The maximum Gasteiger partial charge on any atom is 0.270 e. The van der Waals surface area contributed by atoms with Gasteiger partial charge in [-0.2, -0.15) is 0 Å². The van der Waals surface area contributed by atoms with Gasteiger partial charge in [-0.25, -0.2) is 0 Å². The van der Waals surface area contributed by atoms with Gasteiger partial charge in [-0.05, 0) is 18.2 Å². The van der Waals surface area contributed by atoms with Crippen LogP contribution in [0.1, 0.15) is 5.76 Å². The smallest absolute Gasteiger partial charge is 0.270 e. The molecule has 112 valence electrons. The lowest BCUT2D eigenvalue weighted by Gasteiger charge is -2.07. The second kappa shape index (κ2) is 5.92. The summed E-state index contributed by atoms with van der Waals surface area (Å²) in [6.45, 7) is 0. The molecule has 8 heteroatoms. The van der Waals surface area contributed by atoms with Gasteiger partial charge in [0.05, 0.1) is 16.9 Å². The zero-order chi connectivity index (χ0) is 16.3. The van der Waals surface area contributed by atoms with Crippen molar-refractivity contribution in [3.05, 3.63) is 57.8 Å². The maximum atomic E-state index is 10.7. The summed E-state index contributed by atoms with van der Waals surface area (Å²) in [5.41, 5.74) is -0.826. The number of carboxylic acids is 2. The van der Waals surface area contributed by atoms with Gasteiger partial charge in [0.2, 0.25) is 0 Å². The number of nitrogens with zero attached hydrogens (tertiary/aromatic N) is 1. The summed E-state index contributed by atoms with van der Waals surface area (Å²) in [7, 11) is 0. The fourth-order valence-corrected chi connectivity index (χ4v) is 1.70.